The number of halogens is 2. The lowest BCUT2D eigenvalue weighted by molar-refractivity contribution is 0.507. The molecule has 1 heterocycles. The summed E-state index contributed by atoms with van der Waals surface area (Å²) in [6, 6.07) is 5.67. The Balaban J connectivity index is 2.08. The second kappa shape index (κ2) is 5.14. The van der Waals surface area contributed by atoms with Gasteiger partial charge in [0.05, 0.1) is 11.9 Å². The van der Waals surface area contributed by atoms with Crippen molar-refractivity contribution in [1.29, 1.82) is 0 Å². The van der Waals surface area contributed by atoms with Crippen molar-refractivity contribution in [3.05, 3.63) is 53.9 Å². The largest absolute Gasteiger partial charge is 0.397 e. The van der Waals surface area contributed by atoms with E-state index in [0.29, 0.717) is 17.0 Å². The zero-order valence-electron chi connectivity index (χ0n) is 8.86. The summed E-state index contributed by atoms with van der Waals surface area (Å²) >= 11 is 1.46. The Morgan fingerprint density at radius 2 is 2.00 bits per heavy atom. The first-order chi connectivity index (χ1) is 8.16. The van der Waals surface area contributed by atoms with Gasteiger partial charge in [-0.2, -0.15) is 0 Å². The van der Waals surface area contributed by atoms with Crippen LogP contribution in [0, 0.1) is 11.6 Å². The molecule has 2 nitrogen and oxygen atoms in total. The molecule has 1 aromatic carbocycles. The van der Waals surface area contributed by atoms with Crippen molar-refractivity contribution in [2.45, 2.75) is 10.6 Å². The molecule has 0 amide bonds. The van der Waals surface area contributed by atoms with Crippen LogP contribution in [0.5, 0.6) is 0 Å². The van der Waals surface area contributed by atoms with Gasteiger partial charge in [0.15, 0.2) is 11.6 Å². The Kier molecular flexibility index (Phi) is 3.58. The topological polar surface area (TPSA) is 38.9 Å². The predicted molar refractivity (Wildman–Crippen MR) is 64.6 cm³/mol. The van der Waals surface area contributed by atoms with Crippen LogP contribution in [-0.4, -0.2) is 4.98 Å². The lowest BCUT2D eigenvalue weighted by Gasteiger charge is -2.04. The van der Waals surface area contributed by atoms with Gasteiger partial charge in [0.1, 0.15) is 0 Å². The number of nitrogen functional groups attached to an aromatic ring is 1. The fraction of sp³-hybridized carbons (Fsp3) is 0.0833. The molecule has 2 rings (SSSR count). The van der Waals surface area contributed by atoms with Crippen LogP contribution in [0.25, 0.3) is 0 Å². The molecule has 0 fully saturated rings. The normalized spacial score (nSPS) is 10.5. The summed E-state index contributed by atoms with van der Waals surface area (Å²) in [5.41, 5.74) is 7.02. The lowest BCUT2D eigenvalue weighted by Crippen LogP contribution is -1.91. The van der Waals surface area contributed by atoms with E-state index in [4.69, 9.17) is 5.73 Å². The summed E-state index contributed by atoms with van der Waals surface area (Å²) in [7, 11) is 0. The van der Waals surface area contributed by atoms with Crippen molar-refractivity contribution in [1.82, 2.24) is 4.98 Å². The number of pyridine rings is 1. The standard InChI is InChI=1S/C12H10F2N2S/c13-9-2-1-8(5-10(9)14)7-17-12-3-4-16-6-11(12)15/h1-6H,7,15H2. The lowest BCUT2D eigenvalue weighted by atomic mass is 10.2. The Morgan fingerprint density at radius 1 is 1.18 bits per heavy atom. The number of thioether (sulfide) groups is 1. The Hall–Kier alpha value is -1.62. The maximum atomic E-state index is 13.0. The first kappa shape index (κ1) is 11.9. The number of aromatic nitrogens is 1. The number of rotatable bonds is 3. The zero-order chi connectivity index (χ0) is 12.3. The first-order valence-corrected chi connectivity index (χ1v) is 5.91. The van der Waals surface area contributed by atoms with Gasteiger partial charge in [-0.3, -0.25) is 4.98 Å². The van der Waals surface area contributed by atoms with Gasteiger partial charge in [0, 0.05) is 16.8 Å². The van der Waals surface area contributed by atoms with Crippen LogP contribution >= 0.6 is 11.8 Å². The van der Waals surface area contributed by atoms with Crippen LogP contribution in [0.1, 0.15) is 5.56 Å². The fourth-order valence-electron chi connectivity index (χ4n) is 1.32. The molecule has 5 heteroatoms. The van der Waals surface area contributed by atoms with Gasteiger partial charge >= 0.3 is 0 Å². The molecule has 0 aliphatic rings. The van der Waals surface area contributed by atoms with Crippen molar-refractivity contribution in [3.8, 4) is 0 Å². The molecule has 88 valence electrons. The summed E-state index contributed by atoms with van der Waals surface area (Å²) in [6.07, 6.45) is 3.21. The van der Waals surface area contributed by atoms with Crippen molar-refractivity contribution >= 4 is 17.4 Å². The summed E-state index contributed by atoms with van der Waals surface area (Å²) in [4.78, 5) is 4.76. The molecule has 0 spiro atoms. The second-order valence-electron chi connectivity index (χ2n) is 3.45. The zero-order valence-corrected chi connectivity index (χ0v) is 9.68. The number of hydrogen-bond donors (Lipinski definition) is 1. The van der Waals surface area contributed by atoms with Gasteiger partial charge < -0.3 is 5.73 Å². The monoisotopic (exact) mass is 252 g/mol. The van der Waals surface area contributed by atoms with E-state index in [1.165, 1.54) is 17.8 Å². The number of nitrogens with zero attached hydrogens (tertiary/aromatic N) is 1. The molecule has 2 N–H and O–H groups in total. The Bertz CT molecular complexity index is 532. The highest BCUT2D eigenvalue weighted by Crippen LogP contribution is 2.27. The number of benzene rings is 1. The fourth-order valence-corrected chi connectivity index (χ4v) is 2.19. The third-order valence-corrected chi connectivity index (χ3v) is 3.35. The molecule has 0 radical (unpaired) electrons. The van der Waals surface area contributed by atoms with Crippen LogP contribution in [0.3, 0.4) is 0 Å². The van der Waals surface area contributed by atoms with E-state index in [2.05, 4.69) is 4.98 Å². The van der Waals surface area contributed by atoms with Crippen molar-refractivity contribution in [2.75, 3.05) is 5.73 Å². The number of nitrogens with two attached hydrogens (primary N) is 1. The van der Waals surface area contributed by atoms with E-state index in [0.717, 1.165) is 11.0 Å². The molecule has 0 unspecified atom stereocenters. The van der Waals surface area contributed by atoms with E-state index in [1.54, 1.807) is 24.5 Å². The van der Waals surface area contributed by atoms with E-state index < -0.39 is 11.6 Å². The van der Waals surface area contributed by atoms with Crippen LogP contribution in [-0.2, 0) is 5.75 Å². The number of hydrogen-bond acceptors (Lipinski definition) is 3. The van der Waals surface area contributed by atoms with Crippen molar-refractivity contribution in [2.24, 2.45) is 0 Å². The third kappa shape index (κ3) is 2.94. The minimum absolute atomic E-state index is 0.533. The van der Waals surface area contributed by atoms with Gasteiger partial charge in [-0.1, -0.05) is 6.07 Å². The van der Waals surface area contributed by atoms with Gasteiger partial charge in [0.2, 0.25) is 0 Å². The Labute approximate surface area is 102 Å². The van der Waals surface area contributed by atoms with Gasteiger partial charge in [0.25, 0.3) is 0 Å². The average Bonchev–Trinajstić information content (AvgIpc) is 2.32. The second-order valence-corrected chi connectivity index (χ2v) is 4.47. The summed E-state index contributed by atoms with van der Waals surface area (Å²) in [5.74, 6) is -1.13. The molecule has 0 atom stereocenters. The smallest absolute Gasteiger partial charge is 0.159 e. The highest BCUT2D eigenvalue weighted by Gasteiger charge is 2.04. The van der Waals surface area contributed by atoms with Crippen molar-refractivity contribution in [3.63, 3.8) is 0 Å². The van der Waals surface area contributed by atoms with Gasteiger partial charge in [-0.25, -0.2) is 8.78 Å². The van der Waals surface area contributed by atoms with Crippen LogP contribution < -0.4 is 5.73 Å². The maximum absolute atomic E-state index is 13.0. The molecule has 1 aromatic heterocycles. The molecular formula is C12H10F2N2S. The highest BCUT2D eigenvalue weighted by atomic mass is 32.2. The van der Waals surface area contributed by atoms with Crippen LogP contribution in [0.15, 0.2) is 41.6 Å². The summed E-state index contributed by atoms with van der Waals surface area (Å²) < 4.78 is 25.7. The molecule has 0 bridgehead atoms. The Morgan fingerprint density at radius 3 is 2.71 bits per heavy atom. The van der Waals surface area contributed by atoms with Crippen LogP contribution in [0.4, 0.5) is 14.5 Å². The molecule has 0 saturated carbocycles. The maximum Gasteiger partial charge on any atom is 0.159 e. The molecule has 0 saturated heterocycles. The summed E-state index contributed by atoms with van der Waals surface area (Å²) in [5, 5.41) is 0. The van der Waals surface area contributed by atoms with E-state index in [1.807, 2.05) is 0 Å². The van der Waals surface area contributed by atoms with Crippen LogP contribution in [0.2, 0.25) is 0 Å². The molecular weight excluding hydrogens is 242 g/mol. The molecule has 17 heavy (non-hydrogen) atoms. The summed E-state index contributed by atoms with van der Waals surface area (Å²) in [6.45, 7) is 0. The molecule has 2 aromatic rings. The van der Waals surface area contributed by atoms with Crippen molar-refractivity contribution < 1.29 is 8.78 Å². The molecule has 0 aliphatic carbocycles. The van der Waals surface area contributed by atoms with E-state index in [9.17, 15) is 8.78 Å². The SMILES string of the molecule is Nc1cnccc1SCc1ccc(F)c(F)c1. The predicted octanol–water partition coefficient (Wildman–Crippen LogP) is 3.23. The molecule has 0 aliphatic heterocycles. The van der Waals surface area contributed by atoms with Gasteiger partial charge in [-0.05, 0) is 23.8 Å². The quantitative estimate of drug-likeness (QED) is 0.852. The van der Waals surface area contributed by atoms with E-state index in [-0.39, 0.29) is 0 Å². The minimum Gasteiger partial charge on any atom is -0.397 e. The minimum atomic E-state index is -0.831. The van der Waals surface area contributed by atoms with E-state index >= 15 is 0 Å². The number of anilines is 1. The first-order valence-electron chi connectivity index (χ1n) is 4.93. The highest BCUT2D eigenvalue weighted by molar-refractivity contribution is 7.98. The average molecular weight is 252 g/mol. The van der Waals surface area contributed by atoms with Gasteiger partial charge in [-0.15, -0.1) is 11.8 Å². The third-order valence-electron chi connectivity index (χ3n) is 2.19.